The summed E-state index contributed by atoms with van der Waals surface area (Å²) in [7, 11) is 0. The van der Waals surface area contributed by atoms with Crippen molar-refractivity contribution in [2.45, 2.75) is 6.42 Å². The van der Waals surface area contributed by atoms with Gasteiger partial charge in [0, 0.05) is 65.4 Å². The van der Waals surface area contributed by atoms with E-state index >= 15 is 0 Å². The van der Waals surface area contributed by atoms with Crippen LogP contribution in [0.4, 0.5) is 0 Å². The van der Waals surface area contributed by atoms with Gasteiger partial charge < -0.3 is 31.9 Å². The lowest BCUT2D eigenvalue weighted by atomic mass is 10.3. The van der Waals surface area contributed by atoms with Crippen molar-refractivity contribution < 1.29 is 9.59 Å². The summed E-state index contributed by atoms with van der Waals surface area (Å²) in [6.07, 6.45) is -0.108. The number of nitrogens with one attached hydrogen (secondary N) is 6. The zero-order chi connectivity index (χ0) is 15.2. The van der Waals surface area contributed by atoms with Crippen LogP contribution >= 0.6 is 0 Å². The van der Waals surface area contributed by atoms with Crippen LogP contribution in [0.5, 0.6) is 0 Å². The molecule has 0 aromatic heterocycles. The van der Waals surface area contributed by atoms with Gasteiger partial charge in [0.15, 0.2) is 0 Å². The van der Waals surface area contributed by atoms with Crippen molar-refractivity contribution in [3.05, 3.63) is 0 Å². The lowest BCUT2D eigenvalue weighted by molar-refractivity contribution is -0.129. The van der Waals surface area contributed by atoms with Crippen molar-refractivity contribution in [1.29, 1.82) is 0 Å². The second-order valence-corrected chi connectivity index (χ2v) is 4.88. The number of hydrogen-bond donors (Lipinski definition) is 6. The number of hydrogen-bond acceptors (Lipinski definition) is 6. The van der Waals surface area contributed by atoms with Gasteiger partial charge in [-0.3, -0.25) is 9.59 Å². The molecule has 1 aliphatic rings. The molecule has 0 saturated carbocycles. The Bertz CT molecular complexity index is 272. The Labute approximate surface area is 126 Å². The molecule has 0 spiro atoms. The fraction of sp³-hybridized carbons (Fsp3) is 0.846. The van der Waals surface area contributed by atoms with Crippen molar-refractivity contribution in [1.82, 2.24) is 31.9 Å². The molecule has 0 radical (unpaired) electrons. The highest BCUT2D eigenvalue weighted by atomic mass is 16.2. The molecular formula is C13H28N6O2. The second kappa shape index (κ2) is 12.5. The van der Waals surface area contributed by atoms with E-state index in [1.165, 1.54) is 0 Å². The molecule has 8 heteroatoms. The summed E-state index contributed by atoms with van der Waals surface area (Å²) in [6, 6.07) is 0. The van der Waals surface area contributed by atoms with E-state index in [1.807, 2.05) is 0 Å². The minimum absolute atomic E-state index is 0.108. The highest BCUT2D eigenvalue weighted by molar-refractivity contribution is 5.96. The van der Waals surface area contributed by atoms with E-state index < -0.39 is 0 Å². The highest BCUT2D eigenvalue weighted by Gasteiger charge is 2.07. The van der Waals surface area contributed by atoms with Crippen LogP contribution < -0.4 is 31.9 Å². The maximum atomic E-state index is 11.5. The van der Waals surface area contributed by atoms with Gasteiger partial charge >= 0.3 is 0 Å². The number of amides is 2. The number of carbonyl (C=O) groups excluding carboxylic acids is 2. The van der Waals surface area contributed by atoms with Crippen LogP contribution in [-0.4, -0.2) is 77.3 Å². The van der Waals surface area contributed by atoms with Crippen LogP contribution in [0, 0.1) is 0 Å². The Kier molecular flexibility index (Phi) is 10.6. The first-order chi connectivity index (χ1) is 10.3. The van der Waals surface area contributed by atoms with Gasteiger partial charge in [0.25, 0.3) is 0 Å². The summed E-state index contributed by atoms with van der Waals surface area (Å²) in [5.74, 6) is -0.468. The summed E-state index contributed by atoms with van der Waals surface area (Å²) in [5, 5.41) is 18.5. The molecule has 8 nitrogen and oxygen atoms in total. The van der Waals surface area contributed by atoms with Crippen molar-refractivity contribution in [2.75, 3.05) is 65.4 Å². The number of rotatable bonds is 0. The summed E-state index contributed by atoms with van der Waals surface area (Å²) in [4.78, 5) is 23.0. The van der Waals surface area contributed by atoms with Gasteiger partial charge in [0.1, 0.15) is 6.42 Å². The molecule has 2 amide bonds. The number of carbonyl (C=O) groups is 2. The van der Waals surface area contributed by atoms with Crippen molar-refractivity contribution in [3.63, 3.8) is 0 Å². The molecule has 122 valence electrons. The van der Waals surface area contributed by atoms with E-state index in [0.717, 1.165) is 39.3 Å². The minimum atomic E-state index is -0.234. The van der Waals surface area contributed by atoms with E-state index in [4.69, 9.17) is 0 Å². The third kappa shape index (κ3) is 11.1. The Morgan fingerprint density at radius 1 is 0.476 bits per heavy atom. The monoisotopic (exact) mass is 300 g/mol. The predicted molar refractivity (Wildman–Crippen MR) is 82.1 cm³/mol. The van der Waals surface area contributed by atoms with Gasteiger partial charge in [-0.25, -0.2) is 0 Å². The quantitative estimate of drug-likeness (QED) is 0.266. The topological polar surface area (TPSA) is 106 Å². The van der Waals surface area contributed by atoms with E-state index in [-0.39, 0.29) is 18.2 Å². The van der Waals surface area contributed by atoms with Gasteiger partial charge in [0.2, 0.25) is 11.8 Å². The molecule has 1 fully saturated rings. The summed E-state index contributed by atoms with van der Waals surface area (Å²) < 4.78 is 0. The molecule has 21 heavy (non-hydrogen) atoms. The van der Waals surface area contributed by atoms with Crippen LogP contribution in [0.25, 0.3) is 0 Å². The largest absolute Gasteiger partial charge is 0.354 e. The van der Waals surface area contributed by atoms with E-state index in [1.54, 1.807) is 0 Å². The summed E-state index contributed by atoms with van der Waals surface area (Å²) >= 11 is 0. The standard InChI is InChI=1S/C13H28N6O2/c20-12-11-13(21)19-10-8-17-6-4-15-2-1-14-3-5-16-7-9-18-12/h14-17H,1-11H2,(H,18,20)(H,19,21). The Hall–Kier alpha value is -1.22. The van der Waals surface area contributed by atoms with Gasteiger partial charge in [-0.05, 0) is 0 Å². The first-order valence-corrected chi connectivity index (χ1v) is 7.65. The lowest BCUT2D eigenvalue weighted by Gasteiger charge is -2.08. The molecule has 0 atom stereocenters. The predicted octanol–water partition coefficient (Wildman–Crippen LogP) is -3.02. The van der Waals surface area contributed by atoms with Crippen LogP contribution in [0.15, 0.2) is 0 Å². The van der Waals surface area contributed by atoms with E-state index in [9.17, 15) is 9.59 Å². The van der Waals surface area contributed by atoms with Gasteiger partial charge in [0.05, 0.1) is 0 Å². The van der Waals surface area contributed by atoms with Crippen molar-refractivity contribution in [2.24, 2.45) is 0 Å². The SMILES string of the molecule is O=C1CC(=O)NCCNCCNCCNCCNCCN1. The fourth-order valence-electron chi connectivity index (χ4n) is 1.88. The maximum Gasteiger partial charge on any atom is 0.229 e. The smallest absolute Gasteiger partial charge is 0.229 e. The Balaban J connectivity index is 2.21. The van der Waals surface area contributed by atoms with E-state index in [2.05, 4.69) is 31.9 Å². The fourth-order valence-corrected chi connectivity index (χ4v) is 1.88. The third-order valence-corrected chi connectivity index (χ3v) is 3.00. The first-order valence-electron chi connectivity index (χ1n) is 7.65. The maximum absolute atomic E-state index is 11.5. The molecule has 0 aromatic carbocycles. The van der Waals surface area contributed by atoms with Crippen LogP contribution in [0.1, 0.15) is 6.42 Å². The van der Waals surface area contributed by atoms with Gasteiger partial charge in [-0.15, -0.1) is 0 Å². The van der Waals surface area contributed by atoms with E-state index in [0.29, 0.717) is 26.2 Å². The normalized spacial score (nSPS) is 22.3. The molecule has 1 rings (SSSR count). The molecule has 0 aliphatic carbocycles. The molecule has 6 N–H and O–H groups in total. The molecular weight excluding hydrogens is 272 g/mol. The van der Waals surface area contributed by atoms with Gasteiger partial charge in [-0.2, -0.15) is 0 Å². The summed E-state index contributed by atoms with van der Waals surface area (Å²) in [5.41, 5.74) is 0. The minimum Gasteiger partial charge on any atom is -0.354 e. The Morgan fingerprint density at radius 3 is 1.10 bits per heavy atom. The Morgan fingerprint density at radius 2 is 0.762 bits per heavy atom. The molecule has 0 unspecified atom stereocenters. The lowest BCUT2D eigenvalue weighted by Crippen LogP contribution is -2.38. The van der Waals surface area contributed by atoms with Gasteiger partial charge in [-0.1, -0.05) is 0 Å². The molecule has 0 bridgehead atoms. The molecule has 1 aliphatic heterocycles. The van der Waals surface area contributed by atoms with Crippen molar-refractivity contribution >= 4 is 11.8 Å². The zero-order valence-corrected chi connectivity index (χ0v) is 12.6. The summed E-state index contributed by atoms with van der Waals surface area (Å²) in [6.45, 7) is 7.88. The van der Waals surface area contributed by atoms with Crippen LogP contribution in [-0.2, 0) is 9.59 Å². The molecule has 0 aromatic rings. The zero-order valence-electron chi connectivity index (χ0n) is 12.6. The average molecular weight is 300 g/mol. The second-order valence-electron chi connectivity index (χ2n) is 4.88. The van der Waals surface area contributed by atoms with Crippen LogP contribution in [0.2, 0.25) is 0 Å². The van der Waals surface area contributed by atoms with Crippen molar-refractivity contribution in [3.8, 4) is 0 Å². The first kappa shape index (κ1) is 17.8. The third-order valence-electron chi connectivity index (χ3n) is 3.00. The highest BCUT2D eigenvalue weighted by Crippen LogP contribution is 1.79. The molecule has 1 heterocycles. The van der Waals surface area contributed by atoms with Crippen LogP contribution in [0.3, 0.4) is 0 Å². The molecule has 1 saturated heterocycles. The average Bonchev–Trinajstić information content (AvgIpc) is 2.46.